The Morgan fingerprint density at radius 1 is 1.43 bits per heavy atom. The van der Waals surface area contributed by atoms with Crippen molar-refractivity contribution >= 4 is 31.6 Å². The fraction of sp³-hybridized carbons (Fsp3) is 0.250. The van der Waals surface area contributed by atoms with Gasteiger partial charge in [-0.05, 0) is 34.5 Å². The normalized spacial score (nSPS) is 11.7. The molecule has 0 atom stereocenters. The third-order valence-electron chi connectivity index (χ3n) is 2.78. The first-order chi connectivity index (χ1) is 9.90. The number of aromatic amines is 1. The number of halogens is 2. The summed E-state index contributed by atoms with van der Waals surface area (Å²) in [5, 5.41) is 0. The van der Waals surface area contributed by atoms with Crippen molar-refractivity contribution in [2.24, 2.45) is 0 Å². The molecule has 1 aromatic heterocycles. The Bertz CT molecular complexity index is 719. The number of nitrogens with zero attached hydrogens (tertiary/aromatic N) is 1. The predicted molar refractivity (Wildman–Crippen MR) is 80.6 cm³/mol. The van der Waals surface area contributed by atoms with E-state index in [0.29, 0.717) is 17.3 Å². The number of nitrogens with two attached hydrogens (primary N) is 1. The summed E-state index contributed by atoms with van der Waals surface area (Å²) < 4.78 is 40.5. The summed E-state index contributed by atoms with van der Waals surface area (Å²) in [6, 6.07) is 2.13. The van der Waals surface area contributed by atoms with Crippen LogP contribution in [0.5, 0.6) is 0 Å². The monoisotopic (exact) mass is 376 g/mol. The zero-order chi connectivity index (χ0) is 15.5. The van der Waals surface area contributed by atoms with Crippen molar-refractivity contribution in [2.75, 3.05) is 12.3 Å². The Morgan fingerprint density at radius 2 is 2.19 bits per heavy atom. The number of nitrogen functional groups attached to an aromatic ring is 1. The molecule has 0 bridgehead atoms. The SMILES string of the molecule is Nc1cc(S(=O)(=O)NCCCc2ncc[nH]2)c(F)cc1Br. The van der Waals surface area contributed by atoms with E-state index in [0.717, 1.165) is 18.0 Å². The molecule has 1 aromatic carbocycles. The minimum absolute atomic E-state index is 0.160. The Hall–Kier alpha value is -1.45. The second-order valence-corrected chi connectivity index (χ2v) is 6.93. The summed E-state index contributed by atoms with van der Waals surface area (Å²) >= 11 is 3.04. The lowest BCUT2D eigenvalue weighted by atomic mass is 10.3. The number of sulfonamides is 1. The van der Waals surface area contributed by atoms with Crippen LogP contribution in [-0.2, 0) is 16.4 Å². The van der Waals surface area contributed by atoms with E-state index in [9.17, 15) is 12.8 Å². The number of hydrogen-bond donors (Lipinski definition) is 3. The highest BCUT2D eigenvalue weighted by Crippen LogP contribution is 2.25. The van der Waals surface area contributed by atoms with Gasteiger partial charge >= 0.3 is 0 Å². The van der Waals surface area contributed by atoms with Gasteiger partial charge in [0.05, 0.1) is 0 Å². The first-order valence-electron chi connectivity index (χ1n) is 6.12. The van der Waals surface area contributed by atoms with E-state index in [4.69, 9.17) is 5.73 Å². The molecule has 0 spiro atoms. The molecule has 0 unspecified atom stereocenters. The van der Waals surface area contributed by atoms with Crippen LogP contribution in [0.3, 0.4) is 0 Å². The second-order valence-electron chi connectivity index (χ2n) is 4.34. The number of benzene rings is 1. The molecule has 0 fully saturated rings. The highest BCUT2D eigenvalue weighted by molar-refractivity contribution is 9.10. The van der Waals surface area contributed by atoms with Gasteiger partial charge < -0.3 is 10.7 Å². The second kappa shape index (κ2) is 6.54. The van der Waals surface area contributed by atoms with E-state index < -0.39 is 20.7 Å². The van der Waals surface area contributed by atoms with Crippen LogP contribution in [0.2, 0.25) is 0 Å². The molecule has 0 aliphatic carbocycles. The summed E-state index contributed by atoms with van der Waals surface area (Å²) in [5.74, 6) is -0.0807. The highest BCUT2D eigenvalue weighted by Gasteiger charge is 2.20. The van der Waals surface area contributed by atoms with Gasteiger partial charge in [0.2, 0.25) is 10.0 Å². The lowest BCUT2D eigenvalue weighted by Gasteiger charge is -2.09. The van der Waals surface area contributed by atoms with Gasteiger partial charge in [-0.1, -0.05) is 0 Å². The van der Waals surface area contributed by atoms with Crippen molar-refractivity contribution in [2.45, 2.75) is 17.7 Å². The molecule has 0 aliphatic rings. The fourth-order valence-corrected chi connectivity index (χ4v) is 3.21. The van der Waals surface area contributed by atoms with E-state index in [1.165, 1.54) is 0 Å². The number of rotatable bonds is 6. The number of aryl methyl sites for hydroxylation is 1. The van der Waals surface area contributed by atoms with Crippen LogP contribution < -0.4 is 10.5 Å². The minimum atomic E-state index is -3.93. The van der Waals surface area contributed by atoms with Crippen molar-refractivity contribution < 1.29 is 12.8 Å². The molecule has 0 saturated heterocycles. The Labute approximate surface area is 130 Å². The Morgan fingerprint density at radius 3 is 2.86 bits per heavy atom. The Kier molecular flexibility index (Phi) is 4.96. The van der Waals surface area contributed by atoms with Gasteiger partial charge in [0.15, 0.2) is 0 Å². The van der Waals surface area contributed by atoms with E-state index in [2.05, 4.69) is 30.6 Å². The molecule has 114 valence electrons. The third-order valence-corrected chi connectivity index (χ3v) is 4.94. The van der Waals surface area contributed by atoms with Crippen LogP contribution >= 0.6 is 15.9 Å². The first kappa shape index (κ1) is 15.9. The number of anilines is 1. The van der Waals surface area contributed by atoms with Gasteiger partial charge in [-0.25, -0.2) is 22.5 Å². The predicted octanol–water partition coefficient (Wildman–Crippen LogP) is 1.80. The zero-order valence-corrected chi connectivity index (χ0v) is 13.3. The minimum Gasteiger partial charge on any atom is -0.398 e. The maximum Gasteiger partial charge on any atom is 0.243 e. The largest absolute Gasteiger partial charge is 0.398 e. The van der Waals surface area contributed by atoms with Crippen LogP contribution in [0.15, 0.2) is 33.9 Å². The van der Waals surface area contributed by atoms with Crippen LogP contribution in [0, 0.1) is 5.82 Å². The van der Waals surface area contributed by atoms with Crippen LogP contribution in [0.25, 0.3) is 0 Å². The molecule has 2 aromatic rings. The van der Waals surface area contributed by atoms with Crippen molar-refractivity contribution in [3.8, 4) is 0 Å². The maximum absolute atomic E-state index is 13.7. The van der Waals surface area contributed by atoms with Gasteiger partial charge in [0.1, 0.15) is 16.5 Å². The lowest BCUT2D eigenvalue weighted by molar-refractivity contribution is 0.555. The van der Waals surface area contributed by atoms with Gasteiger partial charge in [-0.2, -0.15) is 0 Å². The summed E-state index contributed by atoms with van der Waals surface area (Å²) in [6.45, 7) is 0.179. The van der Waals surface area contributed by atoms with E-state index in [1.54, 1.807) is 12.4 Å². The van der Waals surface area contributed by atoms with Gasteiger partial charge in [0.25, 0.3) is 0 Å². The molecule has 0 saturated carbocycles. The number of H-pyrrole nitrogens is 1. The molecule has 0 aliphatic heterocycles. The maximum atomic E-state index is 13.7. The number of aromatic nitrogens is 2. The molecule has 4 N–H and O–H groups in total. The van der Waals surface area contributed by atoms with Gasteiger partial charge in [-0.15, -0.1) is 0 Å². The summed E-state index contributed by atoms with van der Waals surface area (Å²) in [5.41, 5.74) is 5.75. The summed E-state index contributed by atoms with van der Waals surface area (Å²) in [4.78, 5) is 6.49. The summed E-state index contributed by atoms with van der Waals surface area (Å²) in [7, 11) is -3.93. The van der Waals surface area contributed by atoms with Crippen molar-refractivity contribution in [3.63, 3.8) is 0 Å². The van der Waals surface area contributed by atoms with Crippen molar-refractivity contribution in [1.82, 2.24) is 14.7 Å². The van der Waals surface area contributed by atoms with Crippen LogP contribution in [0.1, 0.15) is 12.2 Å². The first-order valence-corrected chi connectivity index (χ1v) is 8.40. The van der Waals surface area contributed by atoms with Gasteiger partial charge in [-0.3, -0.25) is 0 Å². The van der Waals surface area contributed by atoms with Crippen LogP contribution in [0.4, 0.5) is 10.1 Å². The molecular formula is C12H14BrFN4O2S. The van der Waals surface area contributed by atoms with Crippen LogP contribution in [-0.4, -0.2) is 24.9 Å². The molecule has 6 nitrogen and oxygen atoms in total. The molecule has 0 amide bonds. The standard InChI is InChI=1S/C12H14BrFN4O2S/c13-8-6-9(14)11(7-10(8)15)21(19,20)18-3-1-2-12-16-4-5-17-12/h4-7,18H,1-3,15H2,(H,16,17). The van der Waals surface area contributed by atoms with Crippen molar-refractivity contribution in [3.05, 3.63) is 40.6 Å². The van der Waals surface area contributed by atoms with E-state index >= 15 is 0 Å². The lowest BCUT2D eigenvalue weighted by Crippen LogP contribution is -2.26. The molecule has 21 heavy (non-hydrogen) atoms. The number of hydrogen-bond acceptors (Lipinski definition) is 4. The molecule has 2 rings (SSSR count). The average molecular weight is 377 g/mol. The quantitative estimate of drug-likeness (QED) is 0.528. The highest BCUT2D eigenvalue weighted by atomic mass is 79.9. The van der Waals surface area contributed by atoms with Gasteiger partial charge in [0, 0.05) is 35.5 Å². The number of nitrogens with one attached hydrogen (secondary N) is 2. The topological polar surface area (TPSA) is 101 Å². The van der Waals surface area contributed by atoms with Crippen molar-refractivity contribution in [1.29, 1.82) is 0 Å². The van der Waals surface area contributed by atoms with E-state index in [1.807, 2.05) is 0 Å². The molecule has 9 heteroatoms. The number of imidazole rings is 1. The molecular weight excluding hydrogens is 363 g/mol. The van der Waals surface area contributed by atoms with E-state index in [-0.39, 0.29) is 12.2 Å². The Balaban J connectivity index is 2.00. The smallest absolute Gasteiger partial charge is 0.243 e. The molecule has 1 heterocycles. The summed E-state index contributed by atoms with van der Waals surface area (Å²) in [6.07, 6.45) is 4.46. The third kappa shape index (κ3) is 4.02. The fourth-order valence-electron chi connectivity index (χ4n) is 1.73. The average Bonchev–Trinajstić information content (AvgIpc) is 2.92. The molecule has 0 radical (unpaired) electrons. The zero-order valence-electron chi connectivity index (χ0n) is 10.9.